The minimum atomic E-state index is -0.940. The average Bonchev–Trinajstić information content (AvgIpc) is 2.97. The summed E-state index contributed by atoms with van der Waals surface area (Å²) in [6, 6.07) is 19.3. The molecule has 0 radical (unpaired) electrons. The van der Waals surface area contributed by atoms with Gasteiger partial charge in [0.2, 0.25) is 0 Å². The third kappa shape index (κ3) is 4.82. The maximum atomic E-state index is 10.5. The van der Waals surface area contributed by atoms with E-state index in [1.165, 1.54) is 0 Å². The lowest BCUT2D eigenvalue weighted by Gasteiger charge is -2.19. The molecule has 2 aromatic rings. The van der Waals surface area contributed by atoms with E-state index >= 15 is 0 Å². The van der Waals surface area contributed by atoms with E-state index in [1.807, 2.05) is 60.7 Å². The molecule has 4 atom stereocenters. The highest BCUT2D eigenvalue weighted by molar-refractivity contribution is 5.14. The SMILES string of the molecule is [N-]=[N+]=N[C@@H]1O[C@H](COCc2ccccc2)[C@@H](O)[C@@H]1OCc1ccccc1. The van der Waals surface area contributed by atoms with Gasteiger partial charge in [0.25, 0.3) is 0 Å². The maximum Gasteiger partial charge on any atom is 0.165 e. The van der Waals surface area contributed by atoms with Crippen molar-refractivity contribution in [3.05, 3.63) is 82.2 Å². The maximum absolute atomic E-state index is 10.5. The van der Waals surface area contributed by atoms with Crippen LogP contribution in [0.25, 0.3) is 10.4 Å². The summed E-state index contributed by atoms with van der Waals surface area (Å²) in [5.41, 5.74) is 10.7. The van der Waals surface area contributed by atoms with Crippen molar-refractivity contribution < 1.29 is 19.3 Å². The van der Waals surface area contributed by atoms with Crippen molar-refractivity contribution in [2.24, 2.45) is 5.11 Å². The minimum Gasteiger partial charge on any atom is -0.387 e. The van der Waals surface area contributed by atoms with E-state index in [0.717, 1.165) is 11.1 Å². The molecule has 0 unspecified atom stereocenters. The first-order valence-corrected chi connectivity index (χ1v) is 8.43. The standard InChI is InChI=1S/C19H21N3O4/c20-22-21-19-18(25-12-15-9-5-2-6-10-15)17(23)16(26-19)13-24-11-14-7-3-1-4-8-14/h1-10,16-19,23H,11-13H2/t16-,17-,18+,19-/m1/s1. The Kier molecular flexibility index (Phi) is 6.60. The number of azide groups is 1. The van der Waals surface area contributed by atoms with E-state index in [9.17, 15) is 5.11 Å². The van der Waals surface area contributed by atoms with Gasteiger partial charge in [-0.1, -0.05) is 65.8 Å². The second-order valence-corrected chi connectivity index (χ2v) is 6.02. The summed E-state index contributed by atoms with van der Waals surface area (Å²) in [6.45, 7) is 0.884. The van der Waals surface area contributed by atoms with Crippen LogP contribution < -0.4 is 0 Å². The molecule has 0 saturated carbocycles. The zero-order valence-corrected chi connectivity index (χ0v) is 14.2. The van der Waals surface area contributed by atoms with E-state index in [0.29, 0.717) is 13.2 Å². The Balaban J connectivity index is 1.55. The molecule has 1 saturated heterocycles. The number of aliphatic hydroxyl groups excluding tert-OH is 1. The zero-order chi connectivity index (χ0) is 18.2. The summed E-state index contributed by atoms with van der Waals surface area (Å²) >= 11 is 0. The summed E-state index contributed by atoms with van der Waals surface area (Å²) < 4.78 is 17.0. The molecule has 0 bridgehead atoms. The van der Waals surface area contributed by atoms with Crippen LogP contribution in [0.4, 0.5) is 0 Å². The Morgan fingerprint density at radius 1 is 1.00 bits per heavy atom. The molecule has 1 fully saturated rings. The molecule has 0 aromatic heterocycles. The van der Waals surface area contributed by atoms with E-state index < -0.39 is 24.5 Å². The zero-order valence-electron chi connectivity index (χ0n) is 14.2. The number of aliphatic hydroxyl groups is 1. The van der Waals surface area contributed by atoms with E-state index in [1.54, 1.807) is 0 Å². The van der Waals surface area contributed by atoms with Crippen molar-refractivity contribution in [2.45, 2.75) is 37.8 Å². The molecular formula is C19H21N3O4. The predicted octanol–water partition coefficient (Wildman–Crippen LogP) is 3.18. The Morgan fingerprint density at radius 2 is 1.62 bits per heavy atom. The molecule has 7 heteroatoms. The first-order chi connectivity index (χ1) is 12.8. The second kappa shape index (κ2) is 9.33. The van der Waals surface area contributed by atoms with Gasteiger partial charge < -0.3 is 19.3 Å². The van der Waals surface area contributed by atoms with Gasteiger partial charge in [0, 0.05) is 4.91 Å². The van der Waals surface area contributed by atoms with E-state index in [4.69, 9.17) is 19.7 Å². The number of rotatable bonds is 8. The molecule has 1 N–H and O–H groups in total. The monoisotopic (exact) mass is 355 g/mol. The molecule has 26 heavy (non-hydrogen) atoms. The van der Waals surface area contributed by atoms with Crippen LogP contribution in [0.5, 0.6) is 0 Å². The number of benzene rings is 2. The number of nitrogens with zero attached hydrogens (tertiary/aromatic N) is 3. The number of ether oxygens (including phenoxy) is 3. The Bertz CT molecular complexity index is 722. The van der Waals surface area contributed by atoms with Crippen molar-refractivity contribution in [3.8, 4) is 0 Å². The molecule has 136 valence electrons. The van der Waals surface area contributed by atoms with Crippen molar-refractivity contribution in [1.29, 1.82) is 0 Å². The highest BCUT2D eigenvalue weighted by atomic mass is 16.6. The fraction of sp³-hybridized carbons (Fsp3) is 0.368. The van der Waals surface area contributed by atoms with E-state index in [2.05, 4.69) is 10.0 Å². The quantitative estimate of drug-likeness (QED) is 0.447. The molecule has 1 aliphatic rings. The van der Waals surface area contributed by atoms with Crippen molar-refractivity contribution in [1.82, 2.24) is 0 Å². The molecule has 1 aliphatic heterocycles. The summed E-state index contributed by atoms with van der Waals surface area (Å²) in [7, 11) is 0. The van der Waals surface area contributed by atoms with Crippen LogP contribution in [-0.4, -0.2) is 36.3 Å². The number of hydrogen-bond donors (Lipinski definition) is 1. The van der Waals surface area contributed by atoms with Crippen LogP contribution in [0.15, 0.2) is 65.8 Å². The van der Waals surface area contributed by atoms with Crippen molar-refractivity contribution >= 4 is 0 Å². The van der Waals surface area contributed by atoms with Crippen LogP contribution in [0, 0.1) is 0 Å². The first-order valence-electron chi connectivity index (χ1n) is 8.43. The highest BCUT2D eigenvalue weighted by Gasteiger charge is 2.44. The molecule has 7 nitrogen and oxygen atoms in total. The Morgan fingerprint density at radius 3 is 2.23 bits per heavy atom. The molecule has 2 aromatic carbocycles. The molecule has 3 rings (SSSR count). The van der Waals surface area contributed by atoms with Gasteiger partial charge in [-0.05, 0) is 16.7 Å². The third-order valence-electron chi connectivity index (χ3n) is 4.16. The van der Waals surface area contributed by atoms with Crippen LogP contribution in [-0.2, 0) is 27.4 Å². The molecule has 1 heterocycles. The first kappa shape index (κ1) is 18.4. The largest absolute Gasteiger partial charge is 0.387 e. The van der Waals surface area contributed by atoms with Crippen molar-refractivity contribution in [2.75, 3.05) is 6.61 Å². The van der Waals surface area contributed by atoms with Gasteiger partial charge in [0.15, 0.2) is 6.23 Å². The molecule has 0 amide bonds. The summed E-state index contributed by atoms with van der Waals surface area (Å²) in [4.78, 5) is 2.79. The lowest BCUT2D eigenvalue weighted by Crippen LogP contribution is -2.36. The smallest absolute Gasteiger partial charge is 0.165 e. The fourth-order valence-corrected chi connectivity index (χ4v) is 2.81. The van der Waals surface area contributed by atoms with E-state index in [-0.39, 0.29) is 6.61 Å². The van der Waals surface area contributed by atoms with Gasteiger partial charge in [-0.2, -0.15) is 0 Å². The van der Waals surface area contributed by atoms with Crippen LogP contribution in [0.3, 0.4) is 0 Å². The van der Waals surface area contributed by atoms with Gasteiger partial charge in [0.05, 0.1) is 19.8 Å². The van der Waals surface area contributed by atoms with Crippen LogP contribution in [0.2, 0.25) is 0 Å². The normalized spacial score (nSPS) is 25.0. The number of hydrogen-bond acceptors (Lipinski definition) is 5. The van der Waals surface area contributed by atoms with Gasteiger partial charge in [-0.15, -0.1) is 0 Å². The van der Waals surface area contributed by atoms with Crippen LogP contribution in [0.1, 0.15) is 11.1 Å². The second-order valence-electron chi connectivity index (χ2n) is 6.02. The average molecular weight is 355 g/mol. The summed E-state index contributed by atoms with van der Waals surface area (Å²) in [5, 5.41) is 14.1. The van der Waals surface area contributed by atoms with Gasteiger partial charge in [-0.3, -0.25) is 0 Å². The van der Waals surface area contributed by atoms with Gasteiger partial charge in [0.1, 0.15) is 18.3 Å². The third-order valence-corrected chi connectivity index (χ3v) is 4.16. The fourth-order valence-electron chi connectivity index (χ4n) is 2.81. The lowest BCUT2D eigenvalue weighted by atomic mass is 10.1. The van der Waals surface area contributed by atoms with Gasteiger partial charge >= 0.3 is 0 Å². The molecule has 0 spiro atoms. The Labute approximate surface area is 151 Å². The molecular weight excluding hydrogens is 334 g/mol. The summed E-state index contributed by atoms with van der Waals surface area (Å²) in [5.74, 6) is 0. The molecule has 0 aliphatic carbocycles. The van der Waals surface area contributed by atoms with Crippen LogP contribution >= 0.6 is 0 Å². The topological polar surface area (TPSA) is 96.7 Å². The highest BCUT2D eigenvalue weighted by Crippen LogP contribution is 2.26. The Hall–Kier alpha value is -2.41. The predicted molar refractivity (Wildman–Crippen MR) is 94.9 cm³/mol. The van der Waals surface area contributed by atoms with Crippen molar-refractivity contribution in [3.63, 3.8) is 0 Å². The van der Waals surface area contributed by atoms with Gasteiger partial charge in [-0.25, -0.2) is 0 Å². The minimum absolute atomic E-state index is 0.179. The lowest BCUT2D eigenvalue weighted by molar-refractivity contribution is -0.0476. The summed E-state index contributed by atoms with van der Waals surface area (Å²) in [6.07, 6.45) is -3.18.